The molecule has 2 aromatic carbocycles. The fourth-order valence-electron chi connectivity index (χ4n) is 2.70. The number of halogens is 3. The van der Waals surface area contributed by atoms with E-state index in [1.807, 2.05) is 26.0 Å². The smallest absolute Gasteiger partial charge is 0.316 e. The zero-order chi connectivity index (χ0) is 20.4. The highest BCUT2D eigenvalue weighted by atomic mass is 35.5. The Bertz CT molecular complexity index is 1100. The van der Waals surface area contributed by atoms with Gasteiger partial charge in [0.05, 0.1) is 24.9 Å². The van der Waals surface area contributed by atoms with Gasteiger partial charge in [-0.05, 0) is 54.8 Å². The molecule has 0 saturated carbocycles. The van der Waals surface area contributed by atoms with E-state index in [1.165, 1.54) is 19.2 Å². The highest BCUT2D eigenvalue weighted by Gasteiger charge is 2.12. The molecule has 0 aliphatic rings. The van der Waals surface area contributed by atoms with Gasteiger partial charge >= 0.3 is 5.56 Å². The van der Waals surface area contributed by atoms with Crippen LogP contribution in [0.5, 0.6) is 5.75 Å². The summed E-state index contributed by atoms with van der Waals surface area (Å²) in [6.45, 7) is 4.10. The minimum absolute atomic E-state index is 0.0251. The average Bonchev–Trinajstić information content (AvgIpc) is 2.64. The van der Waals surface area contributed by atoms with E-state index >= 15 is 0 Å². The molecule has 1 N–H and O–H groups in total. The molecule has 5 nitrogen and oxygen atoms in total. The number of nitrogens with zero attached hydrogens (tertiary/aromatic N) is 2. The van der Waals surface area contributed by atoms with Gasteiger partial charge in [-0.1, -0.05) is 29.3 Å². The van der Waals surface area contributed by atoms with Gasteiger partial charge in [-0.2, -0.15) is 4.98 Å². The third-order valence-electron chi connectivity index (χ3n) is 4.27. The van der Waals surface area contributed by atoms with Crippen LogP contribution in [0.2, 0.25) is 10.0 Å². The van der Waals surface area contributed by atoms with Crippen molar-refractivity contribution >= 4 is 34.8 Å². The van der Waals surface area contributed by atoms with Crippen LogP contribution in [0.4, 0.5) is 16.0 Å². The molecule has 0 radical (unpaired) electrons. The van der Waals surface area contributed by atoms with Gasteiger partial charge in [0.25, 0.3) is 0 Å². The minimum atomic E-state index is -0.498. The van der Waals surface area contributed by atoms with E-state index in [-0.39, 0.29) is 10.8 Å². The number of ether oxygens (including phenoxy) is 1. The molecule has 3 rings (SSSR count). The van der Waals surface area contributed by atoms with E-state index in [4.69, 9.17) is 27.9 Å². The molecule has 0 unspecified atom stereocenters. The van der Waals surface area contributed by atoms with Gasteiger partial charge in [-0.15, -0.1) is 0 Å². The Labute approximate surface area is 171 Å². The van der Waals surface area contributed by atoms with Crippen LogP contribution in [0.1, 0.15) is 16.7 Å². The molecule has 28 heavy (non-hydrogen) atoms. The average molecular weight is 422 g/mol. The Balaban J connectivity index is 2.04. The summed E-state index contributed by atoms with van der Waals surface area (Å²) in [6, 6.07) is 8.17. The molecule has 1 heterocycles. The standard InChI is InChI=1S/C20H18Cl2FN3O2/c1-11-7-17(12(2)6-14(11)21)24-20-25-19(27)18(28-3)10-26(20)9-13-4-5-16(23)15(22)8-13/h4-8,10H,9H2,1-3H3,(H,24,25,27). The zero-order valence-electron chi connectivity index (χ0n) is 15.5. The second-order valence-electron chi connectivity index (χ2n) is 6.36. The molecule has 3 aromatic rings. The zero-order valence-corrected chi connectivity index (χ0v) is 17.0. The molecule has 0 spiro atoms. The van der Waals surface area contributed by atoms with Gasteiger partial charge < -0.3 is 14.6 Å². The maximum Gasteiger partial charge on any atom is 0.316 e. The lowest BCUT2D eigenvalue weighted by atomic mass is 10.1. The van der Waals surface area contributed by atoms with Crippen molar-refractivity contribution in [1.82, 2.24) is 9.55 Å². The molecule has 0 aliphatic heterocycles. The van der Waals surface area contributed by atoms with Crippen LogP contribution in [0.3, 0.4) is 0 Å². The largest absolute Gasteiger partial charge is 0.490 e. The molecule has 0 atom stereocenters. The van der Waals surface area contributed by atoms with Crippen LogP contribution in [0, 0.1) is 19.7 Å². The fourth-order valence-corrected chi connectivity index (χ4v) is 3.13. The number of nitrogens with one attached hydrogen (secondary N) is 1. The normalized spacial score (nSPS) is 10.8. The second kappa shape index (κ2) is 8.20. The van der Waals surface area contributed by atoms with Crippen molar-refractivity contribution in [3.63, 3.8) is 0 Å². The van der Waals surface area contributed by atoms with Crippen LogP contribution < -0.4 is 15.6 Å². The molecular formula is C20H18Cl2FN3O2. The van der Waals surface area contributed by atoms with Gasteiger partial charge in [0.15, 0.2) is 0 Å². The molecular weight excluding hydrogens is 404 g/mol. The topological polar surface area (TPSA) is 56.1 Å². The van der Waals surface area contributed by atoms with Crippen molar-refractivity contribution in [1.29, 1.82) is 0 Å². The summed E-state index contributed by atoms with van der Waals surface area (Å²) < 4.78 is 20.3. The molecule has 0 bridgehead atoms. The number of benzene rings is 2. The summed E-state index contributed by atoms with van der Waals surface area (Å²) >= 11 is 12.0. The van der Waals surface area contributed by atoms with Crippen LogP contribution in [0.25, 0.3) is 0 Å². The summed E-state index contributed by atoms with van der Waals surface area (Å²) in [5, 5.41) is 3.86. The first-order chi connectivity index (χ1) is 13.3. The Hall–Kier alpha value is -2.57. The van der Waals surface area contributed by atoms with Crippen molar-refractivity contribution in [2.24, 2.45) is 0 Å². The molecule has 8 heteroatoms. The highest BCUT2D eigenvalue weighted by Crippen LogP contribution is 2.27. The number of anilines is 2. The van der Waals surface area contributed by atoms with Crippen LogP contribution in [-0.4, -0.2) is 16.7 Å². The summed E-state index contributed by atoms with van der Waals surface area (Å²) in [5.74, 6) is -0.0783. The van der Waals surface area contributed by atoms with Gasteiger partial charge in [0, 0.05) is 10.7 Å². The van der Waals surface area contributed by atoms with E-state index in [1.54, 1.807) is 16.8 Å². The minimum Gasteiger partial charge on any atom is -0.490 e. The SMILES string of the molecule is COc1cn(Cc2ccc(F)c(Cl)c2)c(Nc2cc(C)c(Cl)cc2C)nc1=O. The van der Waals surface area contributed by atoms with Crippen molar-refractivity contribution in [3.8, 4) is 5.75 Å². The Kier molecular flexibility index (Phi) is 5.91. The Morgan fingerprint density at radius 3 is 2.57 bits per heavy atom. The quantitative estimate of drug-likeness (QED) is 0.621. The van der Waals surface area contributed by atoms with Gasteiger partial charge in [-0.25, -0.2) is 4.39 Å². The Morgan fingerprint density at radius 2 is 1.89 bits per heavy atom. The Morgan fingerprint density at radius 1 is 1.14 bits per heavy atom. The van der Waals surface area contributed by atoms with Crippen molar-refractivity contribution in [3.05, 3.63) is 79.4 Å². The van der Waals surface area contributed by atoms with Crippen LogP contribution >= 0.6 is 23.2 Å². The molecule has 0 saturated heterocycles. The number of methoxy groups -OCH3 is 1. The predicted octanol–water partition coefficient (Wildman–Crippen LogP) is 5.11. The van der Waals surface area contributed by atoms with E-state index in [0.717, 1.165) is 22.4 Å². The number of aromatic nitrogens is 2. The number of hydrogen-bond donors (Lipinski definition) is 1. The number of aryl methyl sites for hydroxylation is 2. The summed E-state index contributed by atoms with van der Waals surface area (Å²) in [7, 11) is 1.40. The fraction of sp³-hybridized carbons (Fsp3) is 0.200. The number of hydrogen-bond acceptors (Lipinski definition) is 4. The molecule has 0 amide bonds. The summed E-state index contributed by atoms with van der Waals surface area (Å²) in [4.78, 5) is 16.3. The number of rotatable bonds is 5. The lowest BCUT2D eigenvalue weighted by Crippen LogP contribution is -2.19. The van der Waals surface area contributed by atoms with E-state index in [9.17, 15) is 9.18 Å². The lowest BCUT2D eigenvalue weighted by molar-refractivity contribution is 0.402. The summed E-state index contributed by atoms with van der Waals surface area (Å²) in [6.07, 6.45) is 1.55. The van der Waals surface area contributed by atoms with E-state index < -0.39 is 11.4 Å². The van der Waals surface area contributed by atoms with E-state index in [0.29, 0.717) is 17.5 Å². The maximum atomic E-state index is 13.5. The highest BCUT2D eigenvalue weighted by molar-refractivity contribution is 6.31. The lowest BCUT2D eigenvalue weighted by Gasteiger charge is -2.17. The summed E-state index contributed by atoms with van der Waals surface area (Å²) in [5.41, 5.74) is 2.80. The monoisotopic (exact) mass is 421 g/mol. The molecule has 0 aliphatic carbocycles. The van der Waals surface area contributed by atoms with Crippen LogP contribution in [-0.2, 0) is 6.54 Å². The first-order valence-electron chi connectivity index (χ1n) is 8.41. The molecule has 0 fully saturated rings. The van der Waals surface area contributed by atoms with Crippen molar-refractivity contribution in [2.75, 3.05) is 12.4 Å². The van der Waals surface area contributed by atoms with Crippen molar-refractivity contribution < 1.29 is 9.13 Å². The van der Waals surface area contributed by atoms with Gasteiger partial charge in [-0.3, -0.25) is 4.79 Å². The first-order valence-corrected chi connectivity index (χ1v) is 9.17. The van der Waals surface area contributed by atoms with Crippen molar-refractivity contribution in [2.45, 2.75) is 20.4 Å². The molecule has 146 valence electrons. The second-order valence-corrected chi connectivity index (χ2v) is 7.17. The van der Waals surface area contributed by atoms with E-state index in [2.05, 4.69) is 10.3 Å². The van der Waals surface area contributed by atoms with Gasteiger partial charge in [0.1, 0.15) is 5.82 Å². The third-order valence-corrected chi connectivity index (χ3v) is 4.97. The van der Waals surface area contributed by atoms with Gasteiger partial charge in [0.2, 0.25) is 11.7 Å². The third kappa shape index (κ3) is 4.29. The van der Waals surface area contributed by atoms with Crippen LogP contribution in [0.15, 0.2) is 41.3 Å². The molecule has 1 aromatic heterocycles. The predicted molar refractivity (Wildman–Crippen MR) is 110 cm³/mol. The maximum absolute atomic E-state index is 13.5. The first kappa shape index (κ1) is 20.2.